The van der Waals surface area contributed by atoms with Crippen molar-refractivity contribution >= 4 is 5.97 Å². The first-order valence-corrected chi connectivity index (χ1v) is 4.87. The Balaban J connectivity index is 2.37. The van der Waals surface area contributed by atoms with Crippen LogP contribution in [0.15, 0.2) is 36.5 Å². The summed E-state index contributed by atoms with van der Waals surface area (Å²) in [5, 5.41) is 2.98. The Kier molecular flexibility index (Phi) is 4.92. The van der Waals surface area contributed by atoms with Gasteiger partial charge in [-0.3, -0.25) is 0 Å². The van der Waals surface area contributed by atoms with Gasteiger partial charge < -0.3 is 14.8 Å². The molecule has 0 fully saturated rings. The largest absolute Gasteiger partial charge is 0.497 e. The van der Waals surface area contributed by atoms with Crippen LogP contribution in [0.1, 0.15) is 5.56 Å². The zero-order valence-electron chi connectivity index (χ0n) is 9.40. The highest BCUT2D eigenvalue weighted by Crippen LogP contribution is 2.10. The lowest BCUT2D eigenvalue weighted by Crippen LogP contribution is -2.06. The first-order chi connectivity index (χ1) is 7.76. The topological polar surface area (TPSA) is 47.6 Å². The average molecular weight is 221 g/mol. The zero-order chi connectivity index (χ0) is 11.8. The molecular formula is C12H15NO3. The molecule has 0 spiro atoms. The standard InChI is InChI=1S/C12H15NO3/c1-15-11-5-3-10(4-6-11)9-13-8-7-12(14)16-2/h3-8,13H,9H2,1-2H3/b8-7+. The number of carbonyl (C=O) groups is 1. The molecule has 86 valence electrons. The smallest absolute Gasteiger partial charge is 0.331 e. The van der Waals surface area contributed by atoms with Gasteiger partial charge in [0.25, 0.3) is 0 Å². The van der Waals surface area contributed by atoms with Gasteiger partial charge in [-0.05, 0) is 17.7 Å². The normalized spacial score (nSPS) is 10.1. The van der Waals surface area contributed by atoms with Crippen LogP contribution in [-0.2, 0) is 16.1 Å². The van der Waals surface area contributed by atoms with Crippen LogP contribution in [0.4, 0.5) is 0 Å². The monoisotopic (exact) mass is 221 g/mol. The predicted octanol–water partition coefficient (Wildman–Crippen LogP) is 1.47. The lowest BCUT2D eigenvalue weighted by atomic mass is 10.2. The van der Waals surface area contributed by atoms with Gasteiger partial charge in [-0.2, -0.15) is 0 Å². The van der Waals surface area contributed by atoms with Crippen molar-refractivity contribution in [1.82, 2.24) is 5.32 Å². The van der Waals surface area contributed by atoms with Crippen LogP contribution in [-0.4, -0.2) is 20.2 Å². The molecule has 0 aliphatic heterocycles. The molecule has 1 aromatic rings. The molecule has 4 heteroatoms. The Bertz CT molecular complexity index is 357. The Hall–Kier alpha value is -1.97. The van der Waals surface area contributed by atoms with Crippen molar-refractivity contribution in [2.75, 3.05) is 14.2 Å². The minimum absolute atomic E-state index is 0.373. The highest BCUT2D eigenvalue weighted by molar-refractivity contribution is 5.81. The molecule has 0 aliphatic carbocycles. The van der Waals surface area contributed by atoms with Crippen molar-refractivity contribution in [3.8, 4) is 5.75 Å². The maximum Gasteiger partial charge on any atom is 0.331 e. The van der Waals surface area contributed by atoms with Crippen LogP contribution in [0, 0.1) is 0 Å². The third-order valence-corrected chi connectivity index (χ3v) is 2.00. The first-order valence-electron chi connectivity index (χ1n) is 4.87. The number of nitrogens with one attached hydrogen (secondary N) is 1. The maximum atomic E-state index is 10.7. The molecule has 0 saturated carbocycles. The Morgan fingerprint density at radius 3 is 2.56 bits per heavy atom. The van der Waals surface area contributed by atoms with Crippen molar-refractivity contribution in [2.24, 2.45) is 0 Å². The molecule has 1 N–H and O–H groups in total. The van der Waals surface area contributed by atoms with Gasteiger partial charge in [0.2, 0.25) is 0 Å². The summed E-state index contributed by atoms with van der Waals surface area (Å²) in [6, 6.07) is 7.69. The van der Waals surface area contributed by atoms with Gasteiger partial charge in [-0.1, -0.05) is 12.1 Å². The van der Waals surface area contributed by atoms with Crippen molar-refractivity contribution in [3.63, 3.8) is 0 Å². The second-order valence-corrected chi connectivity index (χ2v) is 3.09. The molecule has 4 nitrogen and oxygen atoms in total. The van der Waals surface area contributed by atoms with Gasteiger partial charge in [0, 0.05) is 18.8 Å². The number of hydrogen-bond acceptors (Lipinski definition) is 4. The SMILES string of the molecule is COC(=O)/C=C/NCc1ccc(OC)cc1. The van der Waals surface area contributed by atoms with E-state index in [1.165, 1.54) is 13.2 Å². The van der Waals surface area contributed by atoms with Crippen LogP contribution in [0.5, 0.6) is 5.75 Å². The highest BCUT2D eigenvalue weighted by atomic mass is 16.5. The maximum absolute atomic E-state index is 10.7. The Morgan fingerprint density at radius 1 is 1.31 bits per heavy atom. The predicted molar refractivity (Wildman–Crippen MR) is 61.0 cm³/mol. The van der Waals surface area contributed by atoms with E-state index < -0.39 is 0 Å². The Labute approximate surface area is 94.9 Å². The minimum atomic E-state index is -0.373. The first kappa shape index (κ1) is 12.1. The number of ether oxygens (including phenoxy) is 2. The van der Waals surface area contributed by atoms with E-state index in [1.807, 2.05) is 24.3 Å². The quantitative estimate of drug-likeness (QED) is 0.604. The van der Waals surface area contributed by atoms with Crippen LogP contribution in [0.2, 0.25) is 0 Å². The van der Waals surface area contributed by atoms with Crippen molar-refractivity contribution in [3.05, 3.63) is 42.1 Å². The summed E-state index contributed by atoms with van der Waals surface area (Å²) >= 11 is 0. The number of hydrogen-bond donors (Lipinski definition) is 1. The molecule has 1 aromatic carbocycles. The van der Waals surface area contributed by atoms with E-state index in [0.717, 1.165) is 11.3 Å². The summed E-state index contributed by atoms with van der Waals surface area (Å²) in [4.78, 5) is 10.7. The van der Waals surface area contributed by atoms with Crippen LogP contribution >= 0.6 is 0 Å². The number of rotatable bonds is 5. The minimum Gasteiger partial charge on any atom is -0.497 e. The summed E-state index contributed by atoms with van der Waals surface area (Å²) in [6.07, 6.45) is 2.90. The fourth-order valence-corrected chi connectivity index (χ4v) is 1.12. The molecule has 0 saturated heterocycles. The van der Waals surface area contributed by atoms with Crippen LogP contribution in [0.3, 0.4) is 0 Å². The highest BCUT2D eigenvalue weighted by Gasteiger charge is 1.93. The molecule has 0 atom stereocenters. The number of benzene rings is 1. The number of methoxy groups -OCH3 is 2. The fourth-order valence-electron chi connectivity index (χ4n) is 1.12. The molecule has 16 heavy (non-hydrogen) atoms. The molecule has 0 unspecified atom stereocenters. The lowest BCUT2D eigenvalue weighted by molar-refractivity contribution is -0.134. The summed E-state index contributed by atoms with van der Waals surface area (Å²) in [6.45, 7) is 0.650. The van der Waals surface area contributed by atoms with E-state index in [9.17, 15) is 4.79 Å². The van der Waals surface area contributed by atoms with Gasteiger partial charge in [0.15, 0.2) is 0 Å². The molecular weight excluding hydrogens is 206 g/mol. The van der Waals surface area contributed by atoms with Crippen molar-refractivity contribution < 1.29 is 14.3 Å². The summed E-state index contributed by atoms with van der Waals surface area (Å²) in [5.74, 6) is 0.455. The van der Waals surface area contributed by atoms with E-state index in [0.29, 0.717) is 6.54 Å². The van der Waals surface area contributed by atoms with Crippen molar-refractivity contribution in [1.29, 1.82) is 0 Å². The molecule has 0 radical (unpaired) electrons. The second kappa shape index (κ2) is 6.50. The summed E-state index contributed by atoms with van der Waals surface area (Å²) in [5.41, 5.74) is 1.11. The van der Waals surface area contributed by atoms with Gasteiger partial charge in [0.1, 0.15) is 5.75 Å². The third-order valence-electron chi connectivity index (χ3n) is 2.00. The fraction of sp³-hybridized carbons (Fsp3) is 0.250. The lowest BCUT2D eigenvalue weighted by Gasteiger charge is -2.03. The van der Waals surface area contributed by atoms with Gasteiger partial charge >= 0.3 is 5.97 Å². The van der Waals surface area contributed by atoms with Crippen LogP contribution in [0.25, 0.3) is 0 Å². The third kappa shape index (κ3) is 4.04. The molecule has 0 amide bonds. The van der Waals surface area contributed by atoms with E-state index in [-0.39, 0.29) is 5.97 Å². The van der Waals surface area contributed by atoms with E-state index in [2.05, 4.69) is 10.1 Å². The zero-order valence-corrected chi connectivity index (χ0v) is 9.40. The van der Waals surface area contributed by atoms with Gasteiger partial charge in [0.05, 0.1) is 14.2 Å². The molecule has 0 aliphatic rings. The number of esters is 1. The van der Waals surface area contributed by atoms with Crippen LogP contribution < -0.4 is 10.1 Å². The molecule has 0 bridgehead atoms. The second-order valence-electron chi connectivity index (χ2n) is 3.09. The molecule has 0 heterocycles. The van der Waals surface area contributed by atoms with Crippen molar-refractivity contribution in [2.45, 2.75) is 6.54 Å². The number of carbonyl (C=O) groups excluding carboxylic acids is 1. The van der Waals surface area contributed by atoms with E-state index in [1.54, 1.807) is 13.3 Å². The average Bonchev–Trinajstić information content (AvgIpc) is 2.35. The molecule has 1 rings (SSSR count). The van der Waals surface area contributed by atoms with E-state index >= 15 is 0 Å². The Morgan fingerprint density at radius 2 is 2.00 bits per heavy atom. The molecule has 0 aromatic heterocycles. The van der Waals surface area contributed by atoms with Gasteiger partial charge in [-0.15, -0.1) is 0 Å². The summed E-state index contributed by atoms with van der Waals surface area (Å²) < 4.78 is 9.50. The summed E-state index contributed by atoms with van der Waals surface area (Å²) in [7, 11) is 2.97. The van der Waals surface area contributed by atoms with E-state index in [4.69, 9.17) is 4.74 Å². The van der Waals surface area contributed by atoms with Gasteiger partial charge in [-0.25, -0.2) is 4.79 Å².